The first-order valence-corrected chi connectivity index (χ1v) is 12.2. The number of nitrogens with one attached hydrogen (secondary N) is 1. The van der Waals surface area contributed by atoms with Crippen LogP contribution in [-0.2, 0) is 14.3 Å². The van der Waals surface area contributed by atoms with E-state index in [9.17, 15) is 14.9 Å². The summed E-state index contributed by atoms with van der Waals surface area (Å²) in [6, 6.07) is 12.9. The number of fused-ring (bicyclic) bond motifs is 1. The largest absolute Gasteiger partial charge is 0.460 e. The summed E-state index contributed by atoms with van der Waals surface area (Å²) in [6.07, 6.45) is 5.00. The second kappa shape index (κ2) is 8.81. The minimum absolute atomic E-state index is 0.223. The molecular weight excluding hydrogens is 464 g/mol. The quantitative estimate of drug-likeness (QED) is 0.610. The molecule has 2 aliphatic carbocycles. The van der Waals surface area contributed by atoms with Crippen LogP contribution >= 0.6 is 0 Å². The average Bonchev–Trinajstić information content (AvgIpc) is 3.68. The van der Waals surface area contributed by atoms with E-state index in [1.54, 1.807) is 43.5 Å². The van der Waals surface area contributed by atoms with Gasteiger partial charge in [0, 0.05) is 41.5 Å². The van der Waals surface area contributed by atoms with Gasteiger partial charge in [-0.15, -0.1) is 0 Å². The van der Waals surface area contributed by atoms with E-state index >= 15 is 8.78 Å². The highest BCUT2D eigenvalue weighted by atomic mass is 19.3. The predicted octanol–water partition coefficient (Wildman–Crippen LogP) is 4.75. The summed E-state index contributed by atoms with van der Waals surface area (Å²) in [7, 11) is 0. The van der Waals surface area contributed by atoms with Crippen molar-refractivity contribution in [1.82, 2.24) is 10.3 Å². The molecule has 0 spiro atoms. The van der Waals surface area contributed by atoms with Crippen LogP contribution in [0.5, 0.6) is 0 Å². The number of amides is 1. The molecule has 8 heteroatoms. The van der Waals surface area contributed by atoms with Crippen molar-refractivity contribution in [1.29, 1.82) is 5.26 Å². The number of alkyl halides is 2. The number of allylic oxidation sites excluding steroid dienone is 1. The molecule has 5 atom stereocenters. The third-order valence-corrected chi connectivity index (χ3v) is 7.83. The fourth-order valence-corrected chi connectivity index (χ4v) is 5.68. The Morgan fingerprint density at radius 3 is 2.64 bits per heavy atom. The molecule has 1 aromatic carbocycles. The lowest BCUT2D eigenvalue weighted by Crippen LogP contribution is -2.66. The molecule has 1 N–H and O–H groups in total. The topological polar surface area (TPSA) is 92.1 Å². The van der Waals surface area contributed by atoms with Gasteiger partial charge in [-0.05, 0) is 43.9 Å². The third kappa shape index (κ3) is 4.06. The maximum Gasteiger partial charge on any atom is 0.332 e. The molecule has 0 radical (unpaired) electrons. The summed E-state index contributed by atoms with van der Waals surface area (Å²) < 4.78 is 36.1. The number of rotatable bonds is 5. The van der Waals surface area contributed by atoms with E-state index in [0.717, 1.165) is 11.1 Å². The predicted molar refractivity (Wildman–Crippen MR) is 128 cm³/mol. The number of cyclic esters (lactones) is 1. The van der Waals surface area contributed by atoms with E-state index in [-0.39, 0.29) is 11.8 Å². The van der Waals surface area contributed by atoms with Gasteiger partial charge in [0.2, 0.25) is 5.91 Å². The van der Waals surface area contributed by atoms with E-state index in [4.69, 9.17) is 4.74 Å². The van der Waals surface area contributed by atoms with Crippen molar-refractivity contribution in [3.8, 4) is 17.2 Å². The zero-order valence-corrected chi connectivity index (χ0v) is 20.1. The van der Waals surface area contributed by atoms with Crippen molar-refractivity contribution in [2.75, 3.05) is 0 Å². The van der Waals surface area contributed by atoms with Gasteiger partial charge < -0.3 is 10.1 Å². The number of esters is 1. The maximum atomic E-state index is 15.3. The lowest BCUT2D eigenvalue weighted by atomic mass is 9.60. The highest BCUT2D eigenvalue weighted by Gasteiger charge is 2.69. The summed E-state index contributed by atoms with van der Waals surface area (Å²) in [5.74, 6) is -6.95. The fraction of sp³-hybridized carbons (Fsp3) is 0.429. The van der Waals surface area contributed by atoms with Gasteiger partial charge >= 0.3 is 5.97 Å². The summed E-state index contributed by atoms with van der Waals surface area (Å²) in [6.45, 7) is 3.18. The van der Waals surface area contributed by atoms with Crippen molar-refractivity contribution < 1.29 is 23.1 Å². The van der Waals surface area contributed by atoms with Gasteiger partial charge in [0.05, 0.1) is 17.3 Å². The zero-order chi connectivity index (χ0) is 25.7. The number of aromatic nitrogens is 1. The third-order valence-electron chi connectivity index (χ3n) is 7.83. The standard InChI is InChI=1S/C28H27F2N3O3/c1-16-22(12-11-21-10-9-20(14-32-21)23-6-4-3-5-19(23)13-31)24-17(2)36-26(35)27(24,15-28(16,29)30)33-25(34)18-7-8-18/h3-6,9-12,14,16-18,22,24H,7-8,15H2,1-2H3,(H,33,34)/b12-11+/t16-,17+,22-,24-,27-/m0/s1. The molecule has 6 nitrogen and oxygen atoms in total. The zero-order valence-electron chi connectivity index (χ0n) is 20.1. The number of hydrogen-bond donors (Lipinski definition) is 1. The highest BCUT2D eigenvalue weighted by molar-refractivity contribution is 5.92. The van der Waals surface area contributed by atoms with Crippen LogP contribution in [0.15, 0.2) is 48.7 Å². The molecule has 36 heavy (non-hydrogen) atoms. The Morgan fingerprint density at radius 1 is 1.22 bits per heavy atom. The number of benzene rings is 1. The van der Waals surface area contributed by atoms with E-state index in [1.807, 2.05) is 18.2 Å². The molecule has 2 heterocycles. The number of nitrogens with zero attached hydrogens (tertiary/aromatic N) is 2. The van der Waals surface area contributed by atoms with Gasteiger partial charge in [0.1, 0.15) is 6.10 Å². The number of nitriles is 1. The molecule has 2 aromatic rings. The lowest BCUT2D eigenvalue weighted by Gasteiger charge is -2.47. The Balaban J connectivity index is 1.45. The van der Waals surface area contributed by atoms with Gasteiger partial charge in [-0.2, -0.15) is 5.26 Å². The highest BCUT2D eigenvalue weighted by Crippen LogP contribution is 2.55. The first kappa shape index (κ1) is 24.1. The molecule has 3 fully saturated rings. The van der Waals surface area contributed by atoms with Gasteiger partial charge in [0.25, 0.3) is 5.92 Å². The van der Waals surface area contributed by atoms with Crippen LogP contribution in [0, 0.1) is 35.0 Å². The lowest BCUT2D eigenvalue weighted by molar-refractivity contribution is -0.163. The van der Waals surface area contributed by atoms with E-state index in [2.05, 4.69) is 16.4 Å². The molecule has 2 saturated carbocycles. The van der Waals surface area contributed by atoms with Crippen LogP contribution < -0.4 is 5.32 Å². The number of carbonyl (C=O) groups is 2. The Hall–Kier alpha value is -3.60. The molecule has 186 valence electrons. The monoisotopic (exact) mass is 491 g/mol. The van der Waals surface area contributed by atoms with Gasteiger partial charge in [0.15, 0.2) is 5.54 Å². The molecule has 0 bridgehead atoms. The Labute approximate surface area is 208 Å². The van der Waals surface area contributed by atoms with Gasteiger partial charge in [-0.1, -0.05) is 37.3 Å². The second-order valence-electron chi connectivity index (χ2n) is 10.2. The number of halogens is 2. The summed E-state index contributed by atoms with van der Waals surface area (Å²) >= 11 is 0. The smallest absolute Gasteiger partial charge is 0.332 e. The van der Waals surface area contributed by atoms with Crippen LogP contribution in [0.1, 0.15) is 44.4 Å². The Bertz CT molecular complexity index is 1270. The second-order valence-corrected chi connectivity index (χ2v) is 10.2. The summed E-state index contributed by atoms with van der Waals surface area (Å²) in [5, 5.41) is 12.1. The summed E-state index contributed by atoms with van der Waals surface area (Å²) in [5.41, 5.74) is 0.870. The number of hydrogen-bond acceptors (Lipinski definition) is 5. The molecule has 5 rings (SSSR count). The number of carbonyl (C=O) groups excluding carboxylic acids is 2. The molecule has 1 saturated heterocycles. The van der Waals surface area contributed by atoms with Crippen molar-refractivity contribution in [2.24, 2.45) is 23.7 Å². The molecular formula is C28H27F2N3O3. The van der Waals surface area contributed by atoms with Gasteiger partial charge in [-0.3, -0.25) is 9.78 Å². The Morgan fingerprint density at radius 2 is 1.97 bits per heavy atom. The molecule has 3 aliphatic rings. The van der Waals surface area contributed by atoms with Crippen LogP contribution in [0.3, 0.4) is 0 Å². The minimum atomic E-state index is -3.18. The van der Waals surface area contributed by atoms with Crippen molar-refractivity contribution >= 4 is 18.0 Å². The maximum absolute atomic E-state index is 15.3. The van der Waals surface area contributed by atoms with Crippen LogP contribution in [0.4, 0.5) is 8.78 Å². The average molecular weight is 492 g/mol. The van der Waals surface area contributed by atoms with Gasteiger partial charge in [-0.25, -0.2) is 13.6 Å². The molecule has 1 aliphatic heterocycles. The first-order chi connectivity index (χ1) is 17.2. The van der Waals surface area contributed by atoms with E-state index in [1.165, 1.54) is 6.92 Å². The minimum Gasteiger partial charge on any atom is -0.460 e. The van der Waals surface area contributed by atoms with Crippen LogP contribution in [-0.4, -0.2) is 34.4 Å². The van der Waals surface area contributed by atoms with E-state index < -0.39 is 47.7 Å². The molecule has 1 amide bonds. The summed E-state index contributed by atoms with van der Waals surface area (Å²) in [4.78, 5) is 30.0. The van der Waals surface area contributed by atoms with Crippen LogP contribution in [0.2, 0.25) is 0 Å². The molecule has 1 aromatic heterocycles. The van der Waals surface area contributed by atoms with Crippen LogP contribution in [0.25, 0.3) is 17.2 Å². The van der Waals surface area contributed by atoms with E-state index in [0.29, 0.717) is 24.1 Å². The number of ether oxygens (including phenoxy) is 1. The SMILES string of the molecule is C[C@H]1OC(=O)[C@]2(NC(=O)C3CC3)CC(F)(F)[C@@H](C)[C@H](/C=C/c3ccc(-c4ccccc4C#N)cn3)[C@H]12. The van der Waals surface area contributed by atoms with Crippen molar-refractivity contribution in [3.63, 3.8) is 0 Å². The van der Waals surface area contributed by atoms with Crippen molar-refractivity contribution in [2.45, 2.75) is 50.7 Å². The fourth-order valence-electron chi connectivity index (χ4n) is 5.68. The molecule has 0 unspecified atom stereocenters. The normalized spacial score (nSPS) is 30.9. The first-order valence-electron chi connectivity index (χ1n) is 12.2. The number of pyridine rings is 1. The van der Waals surface area contributed by atoms with Crippen molar-refractivity contribution in [3.05, 3.63) is 59.9 Å². The Kier molecular flexibility index (Phi) is 5.90.